The Morgan fingerprint density at radius 3 is 3.25 bits per heavy atom. The van der Waals surface area contributed by atoms with Crippen molar-refractivity contribution in [2.45, 2.75) is 24.7 Å². The average molecular weight is 257 g/mol. The van der Waals surface area contributed by atoms with Crippen LogP contribution < -0.4 is 5.32 Å². The fourth-order valence-electron chi connectivity index (χ4n) is 1.58. The Hall–Kier alpha value is -0.520. The monoisotopic (exact) mass is 257 g/mol. The third-order valence-electron chi connectivity index (χ3n) is 2.42. The molecule has 0 radical (unpaired) electrons. The highest BCUT2D eigenvalue weighted by atomic mass is 32.2. The van der Waals surface area contributed by atoms with Crippen molar-refractivity contribution in [3.8, 4) is 0 Å². The Morgan fingerprint density at radius 2 is 2.56 bits per heavy atom. The van der Waals surface area contributed by atoms with E-state index in [9.17, 15) is 0 Å². The lowest BCUT2D eigenvalue weighted by molar-refractivity contribution is 0.114. The minimum Gasteiger partial charge on any atom is -0.468 e. The van der Waals surface area contributed by atoms with Gasteiger partial charge in [-0.2, -0.15) is 0 Å². The lowest BCUT2D eigenvalue weighted by atomic mass is 10.2. The molecule has 1 unspecified atom stereocenters. The largest absolute Gasteiger partial charge is 0.468 e. The molecule has 3 nitrogen and oxygen atoms in total. The number of nitrogens with one attached hydrogen (secondary N) is 1. The van der Waals surface area contributed by atoms with Crippen molar-refractivity contribution < 1.29 is 9.15 Å². The summed E-state index contributed by atoms with van der Waals surface area (Å²) in [5.74, 6) is 1.73. The quantitative estimate of drug-likeness (QED) is 0.839. The molecule has 0 spiro atoms. The van der Waals surface area contributed by atoms with E-state index in [0.29, 0.717) is 6.10 Å². The molecule has 88 valence electrons. The van der Waals surface area contributed by atoms with Gasteiger partial charge in [0.25, 0.3) is 0 Å². The van der Waals surface area contributed by atoms with E-state index in [1.807, 2.05) is 12.1 Å². The number of thioether (sulfide) groups is 1. The topological polar surface area (TPSA) is 34.4 Å². The van der Waals surface area contributed by atoms with E-state index in [2.05, 4.69) is 5.32 Å². The lowest BCUT2D eigenvalue weighted by Crippen LogP contribution is -2.28. The summed E-state index contributed by atoms with van der Waals surface area (Å²) in [4.78, 5) is 0. The number of ether oxygens (including phenoxy) is 1. The van der Waals surface area contributed by atoms with Gasteiger partial charge in [-0.15, -0.1) is 0 Å². The van der Waals surface area contributed by atoms with Gasteiger partial charge in [0.1, 0.15) is 10.1 Å². The summed E-state index contributed by atoms with van der Waals surface area (Å²) in [6.45, 7) is 1.71. The third-order valence-corrected chi connectivity index (χ3v) is 3.76. The molecule has 1 aliphatic heterocycles. The zero-order chi connectivity index (χ0) is 11.2. The average Bonchev–Trinajstić information content (AvgIpc) is 2.96. The van der Waals surface area contributed by atoms with Gasteiger partial charge in [-0.3, -0.25) is 0 Å². The molecule has 0 bridgehead atoms. The molecule has 1 aliphatic rings. The van der Waals surface area contributed by atoms with Gasteiger partial charge >= 0.3 is 0 Å². The Labute approximate surface area is 105 Å². The van der Waals surface area contributed by atoms with Crippen LogP contribution in [0.4, 0.5) is 0 Å². The van der Waals surface area contributed by atoms with Crippen LogP contribution in [0.1, 0.15) is 18.6 Å². The molecule has 5 heteroatoms. The minimum atomic E-state index is 0.335. The van der Waals surface area contributed by atoms with Gasteiger partial charge < -0.3 is 14.5 Å². The van der Waals surface area contributed by atoms with Crippen LogP contribution in [0, 0.1) is 0 Å². The van der Waals surface area contributed by atoms with Gasteiger partial charge in [0.2, 0.25) is 0 Å². The SMILES string of the molecule is S=C(NCC1CCCO1)SCc1ccco1. The van der Waals surface area contributed by atoms with Crippen molar-refractivity contribution in [3.05, 3.63) is 24.2 Å². The summed E-state index contributed by atoms with van der Waals surface area (Å²) >= 11 is 6.80. The van der Waals surface area contributed by atoms with Gasteiger partial charge in [-0.25, -0.2) is 0 Å². The second-order valence-corrected chi connectivity index (χ2v) is 5.32. The molecule has 16 heavy (non-hydrogen) atoms. The van der Waals surface area contributed by atoms with E-state index in [1.54, 1.807) is 18.0 Å². The van der Waals surface area contributed by atoms with Crippen LogP contribution >= 0.6 is 24.0 Å². The highest BCUT2D eigenvalue weighted by molar-refractivity contribution is 8.22. The molecule has 1 aromatic heterocycles. The standard InChI is InChI=1S/C11H15NO2S2/c15-11(12-7-9-3-1-5-13-9)16-8-10-4-2-6-14-10/h2,4,6,9H,1,3,5,7-8H2,(H,12,15). The fourth-order valence-corrected chi connectivity index (χ4v) is 2.47. The molecular weight excluding hydrogens is 242 g/mol. The summed E-state index contributed by atoms with van der Waals surface area (Å²) in [5, 5.41) is 3.21. The zero-order valence-corrected chi connectivity index (χ0v) is 10.6. The van der Waals surface area contributed by atoms with Crippen molar-refractivity contribution in [2.75, 3.05) is 13.2 Å². The van der Waals surface area contributed by atoms with Crippen LogP contribution in [0.25, 0.3) is 0 Å². The Morgan fingerprint density at radius 1 is 1.62 bits per heavy atom. The summed E-state index contributed by atoms with van der Waals surface area (Å²) in [6, 6.07) is 3.84. The molecule has 1 saturated heterocycles. The molecule has 0 aliphatic carbocycles. The second kappa shape index (κ2) is 6.27. The summed E-state index contributed by atoms with van der Waals surface area (Å²) in [5.41, 5.74) is 0. The smallest absolute Gasteiger partial charge is 0.134 e. The van der Waals surface area contributed by atoms with Crippen LogP contribution in [-0.4, -0.2) is 23.6 Å². The maximum atomic E-state index is 5.50. The maximum Gasteiger partial charge on any atom is 0.134 e. The number of thiocarbonyl (C=S) groups is 1. The molecule has 0 aromatic carbocycles. The van der Waals surface area contributed by atoms with E-state index >= 15 is 0 Å². The van der Waals surface area contributed by atoms with Gasteiger partial charge in [0.15, 0.2) is 0 Å². The van der Waals surface area contributed by atoms with Gasteiger partial charge in [-0.05, 0) is 25.0 Å². The molecule has 1 atom stereocenters. The Bertz CT molecular complexity index is 321. The van der Waals surface area contributed by atoms with E-state index < -0.39 is 0 Å². The molecule has 0 amide bonds. The van der Waals surface area contributed by atoms with Crippen molar-refractivity contribution in [1.82, 2.24) is 5.32 Å². The first kappa shape index (κ1) is 12.0. The third kappa shape index (κ3) is 3.81. The molecule has 2 heterocycles. The highest BCUT2D eigenvalue weighted by Gasteiger charge is 2.15. The van der Waals surface area contributed by atoms with Gasteiger partial charge in [0.05, 0.1) is 18.1 Å². The molecule has 1 fully saturated rings. The van der Waals surface area contributed by atoms with Gasteiger partial charge in [0, 0.05) is 13.2 Å². The predicted octanol–water partition coefficient (Wildman–Crippen LogP) is 2.57. The van der Waals surface area contributed by atoms with E-state index in [4.69, 9.17) is 21.4 Å². The number of hydrogen-bond acceptors (Lipinski definition) is 4. The minimum absolute atomic E-state index is 0.335. The highest BCUT2D eigenvalue weighted by Crippen LogP contribution is 2.14. The lowest BCUT2D eigenvalue weighted by Gasteiger charge is -2.11. The van der Waals surface area contributed by atoms with Crippen LogP contribution in [0.15, 0.2) is 22.8 Å². The van der Waals surface area contributed by atoms with Crippen molar-refractivity contribution in [3.63, 3.8) is 0 Å². The fraction of sp³-hybridized carbons (Fsp3) is 0.545. The Balaban J connectivity index is 1.60. The molecule has 0 saturated carbocycles. The number of furan rings is 1. The summed E-state index contributed by atoms with van der Waals surface area (Å²) in [7, 11) is 0. The van der Waals surface area contributed by atoms with E-state index in [-0.39, 0.29) is 0 Å². The first-order valence-electron chi connectivity index (χ1n) is 5.39. The molecular formula is C11H15NO2S2. The first-order valence-corrected chi connectivity index (χ1v) is 6.78. The Kier molecular flexibility index (Phi) is 4.69. The van der Waals surface area contributed by atoms with Crippen LogP contribution in [0.3, 0.4) is 0 Å². The summed E-state index contributed by atoms with van der Waals surface area (Å²) in [6.07, 6.45) is 4.32. The zero-order valence-electron chi connectivity index (χ0n) is 8.98. The summed E-state index contributed by atoms with van der Waals surface area (Å²) < 4.78 is 11.5. The van der Waals surface area contributed by atoms with E-state index in [1.165, 1.54) is 6.42 Å². The van der Waals surface area contributed by atoms with E-state index in [0.717, 1.165) is 35.4 Å². The maximum absolute atomic E-state index is 5.50. The second-order valence-electron chi connectivity index (χ2n) is 3.67. The van der Waals surface area contributed by atoms with Crippen LogP contribution in [0.2, 0.25) is 0 Å². The van der Waals surface area contributed by atoms with Crippen LogP contribution in [0.5, 0.6) is 0 Å². The number of rotatable bonds is 4. The molecule has 1 N–H and O–H groups in total. The number of hydrogen-bond donors (Lipinski definition) is 1. The normalized spacial score (nSPS) is 19.9. The molecule has 1 aromatic rings. The van der Waals surface area contributed by atoms with Crippen molar-refractivity contribution in [1.29, 1.82) is 0 Å². The van der Waals surface area contributed by atoms with Gasteiger partial charge in [-0.1, -0.05) is 24.0 Å². The van der Waals surface area contributed by atoms with Crippen LogP contribution in [-0.2, 0) is 10.5 Å². The van der Waals surface area contributed by atoms with Crippen molar-refractivity contribution in [2.24, 2.45) is 0 Å². The van der Waals surface area contributed by atoms with Crippen molar-refractivity contribution >= 4 is 28.3 Å². The first-order chi connectivity index (χ1) is 7.84. The predicted molar refractivity (Wildman–Crippen MR) is 69.6 cm³/mol. The molecule has 2 rings (SSSR count).